The predicted octanol–water partition coefficient (Wildman–Crippen LogP) is 4.72. The van der Waals surface area contributed by atoms with Gasteiger partial charge in [0.25, 0.3) is 0 Å². The number of alkyl halides is 6. The van der Waals surface area contributed by atoms with Gasteiger partial charge in [-0.15, -0.1) is 0 Å². The smallest absolute Gasteiger partial charge is 0.290 e. The zero-order valence-corrected chi connectivity index (χ0v) is 16.4. The fraction of sp³-hybridized carbons (Fsp3) is 0.368. The lowest BCUT2D eigenvalue weighted by Gasteiger charge is -2.31. The summed E-state index contributed by atoms with van der Waals surface area (Å²) in [5.74, 6) is 0. The normalized spacial score (nSPS) is 23.0. The van der Waals surface area contributed by atoms with E-state index in [1.807, 2.05) is 0 Å². The lowest BCUT2D eigenvalue weighted by atomic mass is 9.87. The SMILES string of the molecule is C[CH]C1(c2ncccc2C(F)(F)F)CCC(S(=O)(=O)c2ccccc2C(F)(F)F)N1. The number of hydrogen-bond acceptors (Lipinski definition) is 4. The number of sulfone groups is 1. The van der Waals surface area contributed by atoms with Crippen LogP contribution in [0.25, 0.3) is 0 Å². The van der Waals surface area contributed by atoms with Gasteiger partial charge in [-0.3, -0.25) is 10.3 Å². The summed E-state index contributed by atoms with van der Waals surface area (Å²) in [5.41, 5.74) is -4.33. The molecule has 0 bridgehead atoms. The molecule has 1 aliphatic heterocycles. The van der Waals surface area contributed by atoms with E-state index < -0.39 is 54.8 Å². The fourth-order valence-corrected chi connectivity index (χ4v) is 5.52. The molecule has 2 aromatic rings. The number of aromatic nitrogens is 1. The van der Waals surface area contributed by atoms with Crippen LogP contribution in [0.4, 0.5) is 26.3 Å². The third-order valence-corrected chi connectivity index (χ3v) is 7.19. The van der Waals surface area contributed by atoms with Crippen LogP contribution in [0.1, 0.15) is 36.6 Å². The highest BCUT2D eigenvalue weighted by Gasteiger charge is 2.50. The standard InChI is InChI=1S/C19H17F6N2O2S/c1-2-17(16-13(19(23,24)25)7-5-11-26-16)10-9-15(27-17)30(28,29)14-8-4-3-6-12(14)18(20,21)22/h2-8,11,15,27H,9-10H2,1H3. The molecular formula is C19H17F6N2O2S. The van der Waals surface area contributed by atoms with Crippen molar-refractivity contribution in [2.75, 3.05) is 0 Å². The average molecular weight is 451 g/mol. The van der Waals surface area contributed by atoms with E-state index in [2.05, 4.69) is 10.3 Å². The van der Waals surface area contributed by atoms with E-state index in [0.717, 1.165) is 36.5 Å². The van der Waals surface area contributed by atoms with Crippen molar-refractivity contribution in [2.45, 2.75) is 47.9 Å². The third-order valence-electron chi connectivity index (χ3n) is 5.12. The van der Waals surface area contributed by atoms with Crippen molar-refractivity contribution in [3.8, 4) is 0 Å². The van der Waals surface area contributed by atoms with Crippen LogP contribution in [0.3, 0.4) is 0 Å². The molecule has 1 N–H and O–H groups in total. The van der Waals surface area contributed by atoms with Crippen LogP contribution in [0.15, 0.2) is 47.5 Å². The lowest BCUT2D eigenvalue weighted by Crippen LogP contribution is -2.45. The maximum absolute atomic E-state index is 13.5. The Labute approximate surface area is 169 Å². The first-order valence-corrected chi connectivity index (χ1v) is 10.4. The van der Waals surface area contributed by atoms with Gasteiger partial charge in [0.2, 0.25) is 0 Å². The summed E-state index contributed by atoms with van der Waals surface area (Å²) in [6, 6.07) is 5.67. The molecule has 1 aliphatic rings. The quantitative estimate of drug-likeness (QED) is 0.684. The van der Waals surface area contributed by atoms with Crippen molar-refractivity contribution in [3.05, 3.63) is 65.8 Å². The van der Waals surface area contributed by atoms with Gasteiger partial charge in [-0.05, 0) is 43.5 Å². The van der Waals surface area contributed by atoms with Crippen molar-refractivity contribution in [3.63, 3.8) is 0 Å². The van der Waals surface area contributed by atoms with Crippen LogP contribution in [0.2, 0.25) is 0 Å². The van der Waals surface area contributed by atoms with Gasteiger partial charge >= 0.3 is 12.4 Å². The lowest BCUT2D eigenvalue weighted by molar-refractivity contribution is -0.140. The number of rotatable bonds is 4. The van der Waals surface area contributed by atoms with Gasteiger partial charge < -0.3 is 0 Å². The first kappa shape index (κ1) is 22.5. The molecule has 163 valence electrons. The zero-order valence-electron chi connectivity index (χ0n) is 15.6. The molecule has 11 heteroatoms. The zero-order chi connectivity index (χ0) is 22.4. The van der Waals surface area contributed by atoms with Crippen molar-refractivity contribution in [1.29, 1.82) is 0 Å². The van der Waals surface area contributed by atoms with E-state index in [1.54, 1.807) is 0 Å². The van der Waals surface area contributed by atoms with Gasteiger partial charge in [0, 0.05) is 6.20 Å². The van der Waals surface area contributed by atoms with E-state index in [1.165, 1.54) is 13.3 Å². The Bertz CT molecular complexity index is 1040. The van der Waals surface area contributed by atoms with Crippen molar-refractivity contribution < 1.29 is 34.8 Å². The highest BCUT2D eigenvalue weighted by molar-refractivity contribution is 7.92. The van der Waals surface area contributed by atoms with E-state index in [4.69, 9.17) is 0 Å². The number of hydrogen-bond donors (Lipinski definition) is 1. The minimum absolute atomic E-state index is 0.0817. The summed E-state index contributed by atoms with van der Waals surface area (Å²) in [5, 5.41) is 1.11. The second kappa shape index (κ2) is 7.52. The molecule has 1 fully saturated rings. The van der Waals surface area contributed by atoms with Gasteiger partial charge in [0.05, 0.1) is 27.3 Å². The summed E-state index contributed by atoms with van der Waals surface area (Å²) in [6.45, 7) is 1.44. The van der Waals surface area contributed by atoms with Crippen molar-refractivity contribution in [1.82, 2.24) is 10.3 Å². The monoisotopic (exact) mass is 451 g/mol. The van der Waals surface area contributed by atoms with Gasteiger partial charge in [0.15, 0.2) is 9.84 Å². The van der Waals surface area contributed by atoms with Gasteiger partial charge in [-0.2, -0.15) is 26.3 Å². The number of pyridine rings is 1. The number of benzene rings is 1. The first-order valence-electron chi connectivity index (χ1n) is 8.84. The van der Waals surface area contributed by atoms with Crippen molar-refractivity contribution in [2.24, 2.45) is 0 Å². The van der Waals surface area contributed by atoms with Crippen molar-refractivity contribution >= 4 is 9.84 Å². The molecule has 0 amide bonds. The maximum atomic E-state index is 13.5. The Morgan fingerprint density at radius 1 is 1.03 bits per heavy atom. The van der Waals surface area contributed by atoms with Crippen LogP contribution >= 0.6 is 0 Å². The van der Waals surface area contributed by atoms with E-state index >= 15 is 0 Å². The van der Waals surface area contributed by atoms with E-state index in [-0.39, 0.29) is 12.8 Å². The van der Waals surface area contributed by atoms with Crippen LogP contribution in [0, 0.1) is 6.42 Å². The Morgan fingerprint density at radius 2 is 1.63 bits per heavy atom. The highest BCUT2D eigenvalue weighted by atomic mass is 32.2. The first-order chi connectivity index (χ1) is 13.8. The summed E-state index contributed by atoms with van der Waals surface area (Å²) < 4.78 is 106. The number of nitrogens with one attached hydrogen (secondary N) is 1. The fourth-order valence-electron chi connectivity index (χ4n) is 3.67. The van der Waals surface area contributed by atoms with Crippen LogP contribution in [0.5, 0.6) is 0 Å². The second-order valence-corrected chi connectivity index (χ2v) is 8.97. The Balaban J connectivity index is 2.05. The summed E-state index contributed by atoms with van der Waals surface area (Å²) in [6.07, 6.45) is -7.40. The average Bonchev–Trinajstić information content (AvgIpc) is 3.13. The van der Waals surface area contributed by atoms with Gasteiger partial charge in [-0.25, -0.2) is 8.42 Å². The van der Waals surface area contributed by atoms with E-state index in [0.29, 0.717) is 6.07 Å². The molecule has 2 atom stereocenters. The molecule has 0 spiro atoms. The van der Waals surface area contributed by atoms with Crippen LogP contribution < -0.4 is 5.32 Å². The molecule has 3 rings (SSSR count). The van der Waals surface area contributed by atoms with Gasteiger partial charge in [0.1, 0.15) is 5.37 Å². The number of halogens is 6. The maximum Gasteiger partial charge on any atom is 0.418 e. The molecule has 2 heterocycles. The summed E-state index contributed by atoms with van der Waals surface area (Å²) in [4.78, 5) is 2.91. The summed E-state index contributed by atoms with van der Waals surface area (Å²) >= 11 is 0. The summed E-state index contributed by atoms with van der Waals surface area (Å²) in [7, 11) is -4.55. The Kier molecular flexibility index (Phi) is 5.65. The molecule has 0 saturated carbocycles. The minimum Gasteiger partial charge on any atom is -0.290 e. The van der Waals surface area contributed by atoms with Gasteiger partial charge in [-0.1, -0.05) is 19.1 Å². The molecule has 1 aromatic heterocycles. The predicted molar refractivity (Wildman–Crippen MR) is 95.7 cm³/mol. The van der Waals surface area contributed by atoms with Crippen LogP contribution in [-0.4, -0.2) is 18.8 Å². The Hall–Kier alpha value is -2.14. The third kappa shape index (κ3) is 3.92. The topological polar surface area (TPSA) is 59.1 Å². The Morgan fingerprint density at radius 3 is 2.23 bits per heavy atom. The molecule has 4 nitrogen and oxygen atoms in total. The molecule has 30 heavy (non-hydrogen) atoms. The second-order valence-electron chi connectivity index (χ2n) is 6.87. The van der Waals surface area contributed by atoms with Crippen LogP contribution in [-0.2, 0) is 27.7 Å². The molecule has 0 aliphatic carbocycles. The molecule has 1 aromatic carbocycles. The highest BCUT2D eigenvalue weighted by Crippen LogP contribution is 2.44. The number of nitrogens with zero attached hydrogens (tertiary/aromatic N) is 1. The minimum atomic E-state index is -4.90. The van der Waals surface area contributed by atoms with E-state index in [9.17, 15) is 34.8 Å². The largest absolute Gasteiger partial charge is 0.418 e. The molecule has 1 saturated heterocycles. The molecular weight excluding hydrogens is 434 g/mol. The molecule has 1 radical (unpaired) electrons. The molecule has 2 unspecified atom stereocenters.